The van der Waals surface area contributed by atoms with Crippen LogP contribution in [0.5, 0.6) is 0 Å². The van der Waals surface area contributed by atoms with E-state index in [2.05, 4.69) is 34.6 Å². The first-order chi connectivity index (χ1) is 17.6. The Bertz CT molecular complexity index is 863. The molecule has 5 fully saturated rings. The first-order valence-corrected chi connectivity index (χ1v) is 16.1. The summed E-state index contributed by atoms with van der Waals surface area (Å²) in [6.07, 6.45) is 9.91. The van der Waals surface area contributed by atoms with Crippen LogP contribution in [0.3, 0.4) is 0 Å². The van der Waals surface area contributed by atoms with Crippen molar-refractivity contribution in [1.82, 2.24) is 0 Å². The van der Waals surface area contributed by atoms with Crippen LogP contribution in [0.15, 0.2) is 0 Å². The van der Waals surface area contributed by atoms with Gasteiger partial charge >= 0.3 is 6.18 Å². The number of alkyl halides is 3. The summed E-state index contributed by atoms with van der Waals surface area (Å²) in [5.74, 6) is 3.08. The minimum Gasteiger partial charge on any atom is -0.390 e. The van der Waals surface area contributed by atoms with E-state index in [4.69, 9.17) is 0 Å². The van der Waals surface area contributed by atoms with Crippen molar-refractivity contribution in [2.24, 2.45) is 51.8 Å². The second kappa shape index (κ2) is 9.63. The second-order valence-electron chi connectivity index (χ2n) is 16.0. The molecule has 0 spiro atoms. The molecule has 0 aromatic carbocycles. The molecular formula is C33H55F3O2. The highest BCUT2D eigenvalue weighted by Gasteiger charge is 2.65. The van der Waals surface area contributed by atoms with Crippen molar-refractivity contribution >= 4 is 0 Å². The molecule has 0 amide bonds. The lowest BCUT2D eigenvalue weighted by atomic mass is 9.43. The third-order valence-electron chi connectivity index (χ3n) is 14.3. The van der Waals surface area contributed by atoms with Gasteiger partial charge in [0.25, 0.3) is 0 Å². The van der Waals surface area contributed by atoms with E-state index in [1.54, 1.807) is 0 Å². The summed E-state index contributed by atoms with van der Waals surface area (Å²) in [5, 5.41) is 21.9. The van der Waals surface area contributed by atoms with E-state index in [0.717, 1.165) is 57.8 Å². The largest absolute Gasteiger partial charge is 0.417 e. The summed E-state index contributed by atoms with van der Waals surface area (Å²) < 4.78 is 41.0. The minimum atomic E-state index is -4.52. The van der Waals surface area contributed by atoms with Gasteiger partial charge in [-0.25, -0.2) is 0 Å². The van der Waals surface area contributed by atoms with Gasteiger partial charge in [0.1, 0.15) is 0 Å². The van der Waals surface area contributed by atoms with Crippen LogP contribution in [0, 0.1) is 51.8 Å². The molecule has 0 saturated heterocycles. The molecule has 2 nitrogen and oxygen atoms in total. The molecular weight excluding hydrogens is 485 g/mol. The molecule has 5 heteroatoms. The Morgan fingerprint density at radius 3 is 2.08 bits per heavy atom. The molecule has 0 aliphatic heterocycles. The first-order valence-electron chi connectivity index (χ1n) is 16.1. The fourth-order valence-corrected chi connectivity index (χ4v) is 11.1. The van der Waals surface area contributed by atoms with Gasteiger partial charge in [0.2, 0.25) is 0 Å². The molecule has 38 heavy (non-hydrogen) atoms. The van der Waals surface area contributed by atoms with E-state index < -0.39 is 17.4 Å². The van der Waals surface area contributed by atoms with Crippen molar-refractivity contribution in [3.63, 3.8) is 0 Å². The zero-order valence-corrected chi connectivity index (χ0v) is 24.8. The van der Waals surface area contributed by atoms with Crippen LogP contribution in [0.4, 0.5) is 13.2 Å². The van der Waals surface area contributed by atoms with Gasteiger partial charge < -0.3 is 10.2 Å². The number of fused-ring (bicyclic) bond motifs is 5. The molecule has 220 valence electrons. The lowest BCUT2D eigenvalue weighted by Crippen LogP contribution is -2.59. The van der Waals surface area contributed by atoms with Crippen LogP contribution in [0.2, 0.25) is 0 Å². The number of rotatable bonds is 5. The van der Waals surface area contributed by atoms with Crippen molar-refractivity contribution in [2.75, 3.05) is 0 Å². The summed E-state index contributed by atoms with van der Waals surface area (Å²) in [5.41, 5.74) is -2.31. The average molecular weight is 541 g/mol. The van der Waals surface area contributed by atoms with Crippen LogP contribution in [0.1, 0.15) is 137 Å². The summed E-state index contributed by atoms with van der Waals surface area (Å²) in [6.45, 7) is 11.9. The maximum absolute atomic E-state index is 13.7. The van der Waals surface area contributed by atoms with Gasteiger partial charge in [0.15, 0.2) is 5.60 Å². The van der Waals surface area contributed by atoms with Crippen LogP contribution in [0.25, 0.3) is 0 Å². The van der Waals surface area contributed by atoms with Gasteiger partial charge in [-0.15, -0.1) is 0 Å². The minimum absolute atomic E-state index is 0.0181. The van der Waals surface area contributed by atoms with Crippen molar-refractivity contribution in [2.45, 2.75) is 155 Å². The Balaban J connectivity index is 1.23. The first kappa shape index (κ1) is 29.2. The van der Waals surface area contributed by atoms with Gasteiger partial charge in [0, 0.05) is 0 Å². The number of hydrogen-bond acceptors (Lipinski definition) is 2. The van der Waals surface area contributed by atoms with Gasteiger partial charge in [-0.1, -0.05) is 41.0 Å². The van der Waals surface area contributed by atoms with Crippen LogP contribution < -0.4 is 0 Å². The van der Waals surface area contributed by atoms with Crippen molar-refractivity contribution < 1.29 is 23.4 Å². The Hall–Kier alpha value is -0.290. The Morgan fingerprint density at radius 2 is 1.45 bits per heavy atom. The summed E-state index contributed by atoms with van der Waals surface area (Å²) in [6, 6.07) is 0. The molecule has 5 saturated carbocycles. The van der Waals surface area contributed by atoms with Crippen molar-refractivity contribution in [3.8, 4) is 0 Å². The Morgan fingerprint density at radius 1 is 0.789 bits per heavy atom. The Labute approximate surface area is 229 Å². The third-order valence-corrected chi connectivity index (χ3v) is 14.3. The van der Waals surface area contributed by atoms with Crippen LogP contribution in [-0.2, 0) is 0 Å². The molecule has 0 bridgehead atoms. The molecule has 1 unspecified atom stereocenters. The standard InChI is InChI=1S/C33H55F3O2/c1-6-28(3)15-18-31(37,19-16-28)14-11-22(2)25-9-10-26-24-8-7-23-21-32(38,33(34,35)36)20-17-29(23,4)27(24)12-13-30(25,26)5/h22-27,37-38H,6-21H2,1-5H3/t22-,23+,24+,25?,26+,27+,28?,29+,30-,31?,32+/m1/s1. The van der Waals surface area contributed by atoms with E-state index in [0.29, 0.717) is 46.8 Å². The highest BCUT2D eigenvalue weighted by atomic mass is 19.4. The van der Waals surface area contributed by atoms with E-state index in [9.17, 15) is 23.4 Å². The molecule has 0 aromatic rings. The fraction of sp³-hybridized carbons (Fsp3) is 1.00. The Kier molecular flexibility index (Phi) is 7.41. The van der Waals surface area contributed by atoms with E-state index in [-0.39, 0.29) is 24.2 Å². The smallest absolute Gasteiger partial charge is 0.390 e. The number of aliphatic hydroxyl groups is 2. The molecule has 5 aliphatic rings. The van der Waals surface area contributed by atoms with E-state index >= 15 is 0 Å². The molecule has 9 atom stereocenters. The SMILES string of the molecule is CCC1(C)CCC(O)(CC[C@@H](C)C2CC[C@H]3[C@@H]4CC[C@H]5C[C@](O)(C(F)(F)F)CC[C@]5(C)[C@H]4CC[C@]23C)CC1. The number of hydrogen-bond donors (Lipinski definition) is 2. The van der Waals surface area contributed by atoms with Gasteiger partial charge in [-0.2, -0.15) is 13.2 Å². The van der Waals surface area contributed by atoms with Gasteiger partial charge in [0.05, 0.1) is 5.60 Å². The lowest BCUT2D eigenvalue weighted by molar-refractivity contribution is -0.290. The summed E-state index contributed by atoms with van der Waals surface area (Å²) in [4.78, 5) is 0. The lowest BCUT2D eigenvalue weighted by Gasteiger charge is -2.62. The zero-order valence-electron chi connectivity index (χ0n) is 24.8. The van der Waals surface area contributed by atoms with Crippen molar-refractivity contribution in [1.29, 1.82) is 0 Å². The topological polar surface area (TPSA) is 40.5 Å². The van der Waals surface area contributed by atoms with E-state index in [1.807, 2.05) is 0 Å². The monoisotopic (exact) mass is 540 g/mol. The van der Waals surface area contributed by atoms with Gasteiger partial charge in [-0.3, -0.25) is 0 Å². The van der Waals surface area contributed by atoms with E-state index in [1.165, 1.54) is 25.7 Å². The highest BCUT2D eigenvalue weighted by Crippen LogP contribution is 2.69. The molecule has 0 heterocycles. The van der Waals surface area contributed by atoms with Crippen LogP contribution >= 0.6 is 0 Å². The van der Waals surface area contributed by atoms with Gasteiger partial charge in [-0.05, 0) is 148 Å². The second-order valence-corrected chi connectivity index (χ2v) is 16.0. The van der Waals surface area contributed by atoms with Crippen LogP contribution in [-0.4, -0.2) is 27.6 Å². The highest BCUT2D eigenvalue weighted by molar-refractivity contribution is 5.11. The molecule has 5 aliphatic carbocycles. The predicted molar refractivity (Wildman–Crippen MR) is 146 cm³/mol. The summed E-state index contributed by atoms with van der Waals surface area (Å²) in [7, 11) is 0. The maximum atomic E-state index is 13.7. The summed E-state index contributed by atoms with van der Waals surface area (Å²) >= 11 is 0. The molecule has 0 radical (unpaired) electrons. The quantitative estimate of drug-likeness (QED) is 0.365. The average Bonchev–Trinajstić information content (AvgIpc) is 3.22. The molecule has 0 aromatic heterocycles. The third kappa shape index (κ3) is 4.70. The molecule has 2 N–H and O–H groups in total. The molecule has 5 rings (SSSR count). The normalized spacial score (nSPS) is 52.1. The zero-order chi connectivity index (χ0) is 27.8. The predicted octanol–water partition coefficient (Wildman–Crippen LogP) is 9.08. The van der Waals surface area contributed by atoms with Crippen molar-refractivity contribution in [3.05, 3.63) is 0 Å². The maximum Gasteiger partial charge on any atom is 0.417 e. The fourth-order valence-electron chi connectivity index (χ4n) is 11.1. The number of halogens is 3.